The van der Waals surface area contributed by atoms with Gasteiger partial charge in [-0.3, -0.25) is 0 Å². The van der Waals surface area contributed by atoms with Crippen LogP contribution < -0.4 is 4.74 Å². The molecule has 2 aromatic carbocycles. The van der Waals surface area contributed by atoms with Crippen LogP contribution in [-0.2, 0) is 10.5 Å². The number of aliphatic hydroxyl groups excluding tert-OH is 1. The molecule has 0 amide bonds. The SMILES string of the molecule is COc1ccc(C2C=C(/C=C\SCc3ccccc3)C(O)O2)cc1. The summed E-state index contributed by atoms with van der Waals surface area (Å²) in [4.78, 5) is 0. The van der Waals surface area contributed by atoms with Crippen molar-refractivity contribution in [2.24, 2.45) is 0 Å². The number of methoxy groups -OCH3 is 1. The Morgan fingerprint density at radius 1 is 1.12 bits per heavy atom. The van der Waals surface area contributed by atoms with Crippen molar-refractivity contribution in [3.8, 4) is 5.75 Å². The van der Waals surface area contributed by atoms with E-state index in [1.54, 1.807) is 18.9 Å². The van der Waals surface area contributed by atoms with E-state index in [1.165, 1.54) is 5.56 Å². The normalized spacial score (nSPS) is 20.3. The minimum Gasteiger partial charge on any atom is -0.497 e. The minimum absolute atomic E-state index is 0.232. The molecular weight excluding hydrogens is 320 g/mol. The standard InChI is InChI=1S/C20H20O3S/c1-22-18-9-7-16(8-10-18)19-13-17(20(21)23-19)11-12-24-14-15-5-3-2-4-6-15/h2-13,19-21H,14H2,1H3/b12-11-. The predicted octanol–water partition coefficient (Wildman–Crippen LogP) is 4.46. The van der Waals surface area contributed by atoms with Crippen LogP contribution in [0, 0.1) is 0 Å². The second-order valence-electron chi connectivity index (χ2n) is 5.45. The topological polar surface area (TPSA) is 38.7 Å². The Bertz CT molecular complexity index is 707. The van der Waals surface area contributed by atoms with Gasteiger partial charge in [-0.15, -0.1) is 11.8 Å². The molecule has 3 rings (SSSR count). The molecular formula is C20H20O3S. The molecule has 1 heterocycles. The van der Waals surface area contributed by atoms with Gasteiger partial charge in [0, 0.05) is 11.3 Å². The van der Waals surface area contributed by atoms with E-state index < -0.39 is 6.29 Å². The number of rotatable bonds is 6. The Morgan fingerprint density at radius 2 is 1.88 bits per heavy atom. The van der Waals surface area contributed by atoms with Crippen molar-refractivity contribution in [1.29, 1.82) is 0 Å². The maximum Gasteiger partial charge on any atom is 0.182 e. The summed E-state index contributed by atoms with van der Waals surface area (Å²) < 4.78 is 10.8. The lowest BCUT2D eigenvalue weighted by Crippen LogP contribution is -2.08. The lowest BCUT2D eigenvalue weighted by Gasteiger charge is -2.11. The summed E-state index contributed by atoms with van der Waals surface area (Å²) in [6.07, 6.45) is 2.75. The summed E-state index contributed by atoms with van der Waals surface area (Å²) in [6, 6.07) is 18.0. The van der Waals surface area contributed by atoms with Crippen molar-refractivity contribution in [1.82, 2.24) is 0 Å². The van der Waals surface area contributed by atoms with Gasteiger partial charge in [0.1, 0.15) is 11.9 Å². The van der Waals surface area contributed by atoms with Crippen LogP contribution in [0.4, 0.5) is 0 Å². The summed E-state index contributed by atoms with van der Waals surface area (Å²) in [5.41, 5.74) is 3.06. The summed E-state index contributed by atoms with van der Waals surface area (Å²) in [5.74, 6) is 1.71. The molecule has 0 spiro atoms. The van der Waals surface area contributed by atoms with E-state index in [1.807, 2.05) is 60.0 Å². The van der Waals surface area contributed by atoms with Crippen LogP contribution in [0.2, 0.25) is 0 Å². The molecule has 24 heavy (non-hydrogen) atoms. The molecule has 0 fully saturated rings. The van der Waals surface area contributed by atoms with E-state index in [-0.39, 0.29) is 6.10 Å². The third-order valence-corrected chi connectivity index (χ3v) is 4.63. The van der Waals surface area contributed by atoms with Gasteiger partial charge in [0.05, 0.1) is 7.11 Å². The molecule has 0 radical (unpaired) electrons. The molecule has 4 heteroatoms. The van der Waals surface area contributed by atoms with Crippen LogP contribution in [0.25, 0.3) is 0 Å². The highest BCUT2D eigenvalue weighted by Gasteiger charge is 2.24. The number of aliphatic hydroxyl groups is 1. The van der Waals surface area contributed by atoms with E-state index >= 15 is 0 Å². The van der Waals surface area contributed by atoms with Crippen molar-refractivity contribution in [2.45, 2.75) is 18.1 Å². The molecule has 0 saturated heterocycles. The first kappa shape index (κ1) is 16.8. The fourth-order valence-electron chi connectivity index (χ4n) is 2.47. The van der Waals surface area contributed by atoms with Crippen LogP contribution in [0.15, 0.2) is 77.7 Å². The second kappa shape index (κ2) is 8.20. The van der Waals surface area contributed by atoms with E-state index in [4.69, 9.17) is 9.47 Å². The third-order valence-electron chi connectivity index (χ3n) is 3.80. The largest absolute Gasteiger partial charge is 0.497 e. The van der Waals surface area contributed by atoms with Gasteiger partial charge in [0.2, 0.25) is 0 Å². The second-order valence-corrected chi connectivity index (χ2v) is 6.34. The number of ether oxygens (including phenoxy) is 2. The van der Waals surface area contributed by atoms with E-state index in [0.29, 0.717) is 0 Å². The monoisotopic (exact) mass is 340 g/mol. The average Bonchev–Trinajstić information content (AvgIpc) is 3.00. The number of benzene rings is 2. The Balaban J connectivity index is 1.59. The number of thioether (sulfide) groups is 1. The van der Waals surface area contributed by atoms with Crippen molar-refractivity contribution in [2.75, 3.05) is 7.11 Å². The van der Waals surface area contributed by atoms with Crippen molar-refractivity contribution < 1.29 is 14.6 Å². The fourth-order valence-corrected chi connectivity index (χ4v) is 3.20. The van der Waals surface area contributed by atoms with Gasteiger partial charge in [-0.05, 0) is 40.8 Å². The smallest absolute Gasteiger partial charge is 0.182 e. The summed E-state index contributed by atoms with van der Waals surface area (Å²) >= 11 is 1.69. The molecule has 1 aliphatic heterocycles. The Morgan fingerprint density at radius 3 is 2.58 bits per heavy atom. The van der Waals surface area contributed by atoms with E-state index in [0.717, 1.165) is 22.6 Å². The molecule has 3 nitrogen and oxygen atoms in total. The zero-order valence-corrected chi connectivity index (χ0v) is 14.3. The molecule has 124 valence electrons. The van der Waals surface area contributed by atoms with Crippen LogP contribution in [0.3, 0.4) is 0 Å². The van der Waals surface area contributed by atoms with Gasteiger partial charge in [-0.2, -0.15) is 0 Å². The first-order valence-electron chi connectivity index (χ1n) is 7.77. The van der Waals surface area contributed by atoms with Crippen molar-refractivity contribution in [3.63, 3.8) is 0 Å². The van der Waals surface area contributed by atoms with Gasteiger partial charge >= 0.3 is 0 Å². The van der Waals surface area contributed by atoms with Gasteiger partial charge in [-0.1, -0.05) is 42.5 Å². The van der Waals surface area contributed by atoms with Gasteiger partial charge < -0.3 is 14.6 Å². The summed E-state index contributed by atoms with van der Waals surface area (Å²) in [7, 11) is 1.64. The van der Waals surface area contributed by atoms with Crippen LogP contribution >= 0.6 is 11.8 Å². The molecule has 0 saturated carbocycles. The lowest BCUT2D eigenvalue weighted by molar-refractivity contribution is -0.0788. The Labute approximate surface area is 146 Å². The highest BCUT2D eigenvalue weighted by Crippen LogP contribution is 2.32. The first-order chi connectivity index (χ1) is 11.8. The number of hydrogen-bond acceptors (Lipinski definition) is 4. The summed E-state index contributed by atoms with van der Waals surface area (Å²) in [5, 5.41) is 12.1. The third kappa shape index (κ3) is 4.29. The van der Waals surface area contributed by atoms with Crippen LogP contribution in [0.1, 0.15) is 17.2 Å². The maximum atomic E-state index is 10.1. The Hall–Kier alpha value is -2.01. The molecule has 2 aromatic rings. The molecule has 0 aromatic heterocycles. The molecule has 2 atom stereocenters. The number of hydrogen-bond donors (Lipinski definition) is 1. The zero-order chi connectivity index (χ0) is 16.8. The highest BCUT2D eigenvalue weighted by molar-refractivity contribution is 8.01. The molecule has 0 aliphatic carbocycles. The first-order valence-corrected chi connectivity index (χ1v) is 8.82. The van der Waals surface area contributed by atoms with Gasteiger partial charge in [-0.25, -0.2) is 0 Å². The van der Waals surface area contributed by atoms with E-state index in [9.17, 15) is 5.11 Å². The highest BCUT2D eigenvalue weighted by atomic mass is 32.2. The predicted molar refractivity (Wildman–Crippen MR) is 97.8 cm³/mol. The average molecular weight is 340 g/mol. The minimum atomic E-state index is -0.884. The van der Waals surface area contributed by atoms with Gasteiger partial charge in [0.25, 0.3) is 0 Å². The summed E-state index contributed by atoms with van der Waals surface area (Å²) in [6.45, 7) is 0. The Kier molecular flexibility index (Phi) is 5.75. The zero-order valence-electron chi connectivity index (χ0n) is 13.5. The van der Waals surface area contributed by atoms with Crippen molar-refractivity contribution in [3.05, 3.63) is 88.9 Å². The fraction of sp³-hybridized carbons (Fsp3) is 0.200. The van der Waals surface area contributed by atoms with Gasteiger partial charge in [0.15, 0.2) is 6.29 Å². The quantitative estimate of drug-likeness (QED) is 0.843. The molecule has 1 aliphatic rings. The lowest BCUT2D eigenvalue weighted by atomic mass is 10.1. The molecule has 0 bridgehead atoms. The molecule has 2 unspecified atom stereocenters. The van der Waals surface area contributed by atoms with E-state index in [2.05, 4.69) is 12.1 Å². The van der Waals surface area contributed by atoms with Crippen molar-refractivity contribution >= 4 is 11.8 Å². The van der Waals surface area contributed by atoms with Crippen LogP contribution in [-0.4, -0.2) is 18.5 Å². The molecule has 1 N–H and O–H groups in total. The van der Waals surface area contributed by atoms with Crippen LogP contribution in [0.5, 0.6) is 5.75 Å². The maximum absolute atomic E-state index is 10.1.